The van der Waals surface area contributed by atoms with Crippen LogP contribution >= 0.6 is 33.2 Å². The lowest BCUT2D eigenvalue weighted by atomic mass is 10.4. The number of benzene rings is 4. The minimum absolute atomic E-state index is 0.677. The van der Waals surface area contributed by atoms with Crippen molar-refractivity contribution in [3.05, 3.63) is 121 Å². The summed E-state index contributed by atoms with van der Waals surface area (Å²) < 4.78 is 3.00. The standard InChI is InChI=1S/C29H30Cl3NSi3/c30-36(31,32)23-13-22-33-34(26-14-5-1-6-15-26,27-16-7-2-8-17-27)24-25-35(33,28-18-9-3-10-19-28)29-20-11-4-12-21-29/h1-12,14-21H,13,22-25H2. The number of hydrogen-bond donors (Lipinski definition) is 0. The Morgan fingerprint density at radius 3 is 1.11 bits per heavy atom. The predicted molar refractivity (Wildman–Crippen MR) is 165 cm³/mol. The zero-order valence-electron chi connectivity index (χ0n) is 20.2. The molecule has 0 aromatic heterocycles. The van der Waals surface area contributed by atoms with Gasteiger partial charge in [0.2, 0.25) is 0 Å². The lowest BCUT2D eigenvalue weighted by Crippen LogP contribution is -2.78. The number of nitrogens with zero attached hydrogens (tertiary/aromatic N) is 1. The molecule has 1 aliphatic heterocycles. The second kappa shape index (κ2) is 11.0. The third-order valence-corrected chi connectivity index (χ3v) is 22.4. The molecule has 1 aliphatic rings. The molecular formula is C29H30Cl3NSi3. The molecule has 0 unspecified atom stereocenters. The maximum absolute atomic E-state index is 6.40. The van der Waals surface area contributed by atoms with Gasteiger partial charge in [0.15, 0.2) is 16.5 Å². The van der Waals surface area contributed by atoms with Crippen LogP contribution in [0, 0.1) is 0 Å². The number of rotatable bonds is 8. The first-order chi connectivity index (χ1) is 17.5. The van der Waals surface area contributed by atoms with E-state index in [-0.39, 0.29) is 0 Å². The lowest BCUT2D eigenvalue weighted by molar-refractivity contribution is 0.627. The summed E-state index contributed by atoms with van der Waals surface area (Å²) in [4.78, 5) is 0. The van der Waals surface area contributed by atoms with Crippen molar-refractivity contribution in [1.29, 1.82) is 0 Å². The van der Waals surface area contributed by atoms with Crippen LogP contribution in [0.1, 0.15) is 6.42 Å². The van der Waals surface area contributed by atoms with E-state index in [0.717, 1.165) is 13.0 Å². The van der Waals surface area contributed by atoms with E-state index in [1.807, 2.05) is 0 Å². The zero-order chi connectivity index (χ0) is 25.1. The Morgan fingerprint density at radius 2 is 0.833 bits per heavy atom. The molecule has 0 spiro atoms. The average molecular weight is 583 g/mol. The van der Waals surface area contributed by atoms with Crippen molar-refractivity contribution in [2.24, 2.45) is 0 Å². The van der Waals surface area contributed by atoms with E-state index in [9.17, 15) is 0 Å². The Kier molecular flexibility index (Phi) is 7.94. The molecular weight excluding hydrogens is 553 g/mol. The smallest absolute Gasteiger partial charge is 0.331 e. The second-order valence-electron chi connectivity index (χ2n) is 9.56. The summed E-state index contributed by atoms with van der Waals surface area (Å²) in [5, 5.41) is 5.90. The highest BCUT2D eigenvalue weighted by atomic mass is 35.8. The van der Waals surface area contributed by atoms with Gasteiger partial charge in [0.25, 0.3) is 0 Å². The van der Waals surface area contributed by atoms with E-state index in [0.29, 0.717) is 6.04 Å². The maximum Gasteiger partial charge on any atom is 0.341 e. The predicted octanol–water partition coefficient (Wildman–Crippen LogP) is 5.87. The monoisotopic (exact) mass is 581 g/mol. The van der Waals surface area contributed by atoms with Crippen LogP contribution < -0.4 is 20.7 Å². The van der Waals surface area contributed by atoms with Gasteiger partial charge in [-0.1, -0.05) is 121 Å². The van der Waals surface area contributed by atoms with Crippen molar-refractivity contribution in [3.8, 4) is 0 Å². The van der Waals surface area contributed by atoms with Gasteiger partial charge in [-0.25, -0.2) is 0 Å². The minimum Gasteiger partial charge on any atom is -0.331 e. The molecule has 5 rings (SSSR count). The molecule has 7 heteroatoms. The number of halogens is 3. The van der Waals surface area contributed by atoms with Crippen LogP contribution in [0.4, 0.5) is 0 Å². The summed E-state index contributed by atoms with van der Waals surface area (Å²) in [5.41, 5.74) is 0. The van der Waals surface area contributed by atoms with E-state index < -0.39 is 22.5 Å². The molecule has 0 atom stereocenters. The third kappa shape index (κ3) is 4.93. The van der Waals surface area contributed by atoms with E-state index in [1.54, 1.807) is 0 Å². The summed E-state index contributed by atoms with van der Waals surface area (Å²) in [6, 6.07) is 45.3. The van der Waals surface area contributed by atoms with Gasteiger partial charge in [-0.05, 0) is 51.8 Å². The molecule has 1 nitrogen and oxygen atoms in total. The Hall–Kier alpha value is -1.64. The van der Waals surface area contributed by atoms with Crippen molar-refractivity contribution in [1.82, 2.24) is 4.23 Å². The molecule has 1 saturated heterocycles. The Labute approximate surface area is 232 Å². The van der Waals surface area contributed by atoms with Crippen molar-refractivity contribution in [3.63, 3.8) is 0 Å². The third-order valence-electron chi connectivity index (χ3n) is 7.62. The lowest BCUT2D eigenvalue weighted by Gasteiger charge is -2.47. The van der Waals surface area contributed by atoms with Crippen LogP contribution in [0.3, 0.4) is 0 Å². The highest BCUT2D eigenvalue weighted by Gasteiger charge is 2.60. The molecule has 36 heavy (non-hydrogen) atoms. The normalized spacial score (nSPS) is 17.2. The van der Waals surface area contributed by atoms with Gasteiger partial charge in [-0.15, -0.1) is 33.2 Å². The maximum atomic E-state index is 6.40. The molecule has 1 fully saturated rings. The van der Waals surface area contributed by atoms with Crippen LogP contribution in [-0.2, 0) is 0 Å². The van der Waals surface area contributed by atoms with Crippen LogP contribution in [0.15, 0.2) is 121 Å². The molecule has 0 aliphatic carbocycles. The topological polar surface area (TPSA) is 3.24 Å². The largest absolute Gasteiger partial charge is 0.341 e. The summed E-state index contributed by atoms with van der Waals surface area (Å²) in [6.45, 7) is 0.937. The summed E-state index contributed by atoms with van der Waals surface area (Å²) in [6.07, 6.45) is 0.894. The van der Waals surface area contributed by atoms with Gasteiger partial charge in [0, 0.05) is 0 Å². The second-order valence-corrected chi connectivity index (χ2v) is 27.1. The highest BCUT2D eigenvalue weighted by Crippen LogP contribution is 2.38. The summed E-state index contributed by atoms with van der Waals surface area (Å²) in [7, 11) is -4.66. The molecule has 4 aromatic rings. The molecule has 0 bridgehead atoms. The fourth-order valence-electron chi connectivity index (χ4n) is 6.17. The van der Waals surface area contributed by atoms with E-state index in [4.69, 9.17) is 33.2 Å². The van der Waals surface area contributed by atoms with E-state index in [1.165, 1.54) is 32.8 Å². The Bertz CT molecular complexity index is 1080. The molecule has 1 heterocycles. The molecule has 0 amide bonds. The molecule has 184 valence electrons. The molecule has 0 saturated carbocycles. The van der Waals surface area contributed by atoms with Gasteiger partial charge in [0.1, 0.15) is 0 Å². The van der Waals surface area contributed by atoms with Gasteiger partial charge >= 0.3 is 6.00 Å². The highest BCUT2D eigenvalue weighted by molar-refractivity contribution is 7.64. The SMILES string of the molecule is Cl[Si](Cl)(Cl)CCCN1[Si](c2ccccc2)(c2ccccc2)CC[Si]1(c1ccccc1)c1ccccc1. The fourth-order valence-corrected chi connectivity index (χ4v) is 23.3. The van der Waals surface area contributed by atoms with Crippen molar-refractivity contribution < 1.29 is 0 Å². The summed E-state index contributed by atoms with van der Waals surface area (Å²) >= 11 is 19.2. The van der Waals surface area contributed by atoms with E-state index >= 15 is 0 Å². The van der Waals surface area contributed by atoms with Crippen molar-refractivity contribution in [2.45, 2.75) is 24.6 Å². The first kappa shape index (κ1) is 26.0. The van der Waals surface area contributed by atoms with Crippen LogP contribution in [0.2, 0.25) is 18.1 Å². The van der Waals surface area contributed by atoms with Crippen molar-refractivity contribution >= 4 is 76.5 Å². The number of hydrogen-bond acceptors (Lipinski definition) is 1. The first-order valence-corrected chi connectivity index (χ1v) is 22.1. The average Bonchev–Trinajstić information content (AvgIpc) is 3.27. The molecule has 0 radical (unpaired) electrons. The van der Waals surface area contributed by atoms with Crippen LogP contribution in [0.5, 0.6) is 0 Å². The quantitative estimate of drug-likeness (QED) is 0.186. The fraction of sp³-hybridized carbons (Fsp3) is 0.172. The van der Waals surface area contributed by atoms with E-state index in [2.05, 4.69) is 126 Å². The van der Waals surface area contributed by atoms with Gasteiger partial charge in [-0.3, -0.25) is 0 Å². The summed E-state index contributed by atoms with van der Waals surface area (Å²) in [5.74, 6) is 0. The van der Waals surface area contributed by atoms with Gasteiger partial charge in [-0.2, -0.15) is 0 Å². The molecule has 0 N–H and O–H groups in total. The zero-order valence-corrected chi connectivity index (χ0v) is 25.4. The molecule has 4 aromatic carbocycles. The van der Waals surface area contributed by atoms with Gasteiger partial charge < -0.3 is 4.23 Å². The Balaban J connectivity index is 1.77. The van der Waals surface area contributed by atoms with Gasteiger partial charge in [0.05, 0.1) is 0 Å². The van der Waals surface area contributed by atoms with Crippen LogP contribution in [-0.4, -0.2) is 33.2 Å². The van der Waals surface area contributed by atoms with Crippen LogP contribution in [0.25, 0.3) is 0 Å². The van der Waals surface area contributed by atoms with Crippen molar-refractivity contribution in [2.75, 3.05) is 6.54 Å². The minimum atomic E-state index is -2.72. The Morgan fingerprint density at radius 1 is 0.528 bits per heavy atom. The first-order valence-electron chi connectivity index (χ1n) is 12.5.